The number of benzene rings is 2. The van der Waals surface area contributed by atoms with Crippen LogP contribution in [-0.4, -0.2) is 97.6 Å². The molecule has 2 aromatic heterocycles. The zero-order valence-corrected chi connectivity index (χ0v) is 27.6. The molecule has 2 aromatic carbocycles. The highest BCUT2D eigenvalue weighted by Gasteiger charge is 2.35. The Morgan fingerprint density at radius 1 is 0.833 bits per heavy atom. The number of imidazole rings is 2. The number of carbonyl (C=O) groups is 2. The first-order valence-corrected chi connectivity index (χ1v) is 17.4. The van der Waals surface area contributed by atoms with Crippen molar-refractivity contribution in [2.75, 3.05) is 39.3 Å². The summed E-state index contributed by atoms with van der Waals surface area (Å²) in [7, 11) is 0. The Balaban J connectivity index is 1.03. The standard InChI is InChI=1S/C36H45N7O5/c1-24-20-25(21-29-32(24)39-34(45)37-29)22-31(33(44)41-16-10-27(11-17-41)40-14-6-3-7-15-40)48-36(47)42-18-12-28(13-19-42)43-23-30(38-35(43)46)26-8-4-2-5-9-26/h2,4-5,8-9,20-21,23,27-28,31H,3,6-7,10-19,22H2,1H3,(H,38,46)(H2,37,39,45). The monoisotopic (exact) mass is 655 g/mol. The smallest absolute Gasteiger partial charge is 0.410 e. The highest BCUT2D eigenvalue weighted by molar-refractivity contribution is 5.85. The predicted molar refractivity (Wildman–Crippen MR) is 183 cm³/mol. The first-order valence-electron chi connectivity index (χ1n) is 17.4. The number of hydrogen-bond donors (Lipinski definition) is 3. The average Bonchev–Trinajstić information content (AvgIpc) is 3.70. The molecule has 3 aliphatic rings. The number of hydrogen-bond acceptors (Lipinski definition) is 6. The SMILES string of the molecule is Cc1cc(CC(OC(=O)N2CCC(n3cc(-c4ccccc4)[nH]c3=O)CC2)C(=O)N2CCC(N3CCCCC3)CC2)cc2[nH]c(=O)[nH]c12. The predicted octanol–water partition coefficient (Wildman–Crippen LogP) is 4.18. The van der Waals surface area contributed by atoms with Crippen molar-refractivity contribution in [1.82, 2.24) is 34.2 Å². The van der Waals surface area contributed by atoms with Gasteiger partial charge in [0.25, 0.3) is 5.91 Å². The largest absolute Gasteiger partial charge is 0.436 e. The van der Waals surface area contributed by atoms with Crippen molar-refractivity contribution >= 4 is 23.0 Å². The van der Waals surface area contributed by atoms with Crippen LogP contribution in [0.25, 0.3) is 22.3 Å². The van der Waals surface area contributed by atoms with Gasteiger partial charge < -0.3 is 34.4 Å². The zero-order chi connectivity index (χ0) is 33.2. The molecule has 3 aliphatic heterocycles. The van der Waals surface area contributed by atoms with Crippen molar-refractivity contribution in [3.63, 3.8) is 0 Å². The van der Waals surface area contributed by atoms with Crippen LogP contribution in [0.3, 0.4) is 0 Å². The van der Waals surface area contributed by atoms with Crippen molar-refractivity contribution in [2.24, 2.45) is 0 Å². The summed E-state index contributed by atoms with van der Waals surface area (Å²) >= 11 is 0. The Morgan fingerprint density at radius 2 is 1.52 bits per heavy atom. The minimum absolute atomic E-state index is 0.0490. The third kappa shape index (κ3) is 6.85. The highest BCUT2D eigenvalue weighted by atomic mass is 16.6. The summed E-state index contributed by atoms with van der Waals surface area (Å²) in [6.07, 6.45) is 7.34. The van der Waals surface area contributed by atoms with E-state index in [1.54, 1.807) is 9.47 Å². The molecule has 12 heteroatoms. The number of nitrogens with zero attached hydrogens (tertiary/aromatic N) is 4. The van der Waals surface area contributed by atoms with Crippen LogP contribution in [0.2, 0.25) is 0 Å². The summed E-state index contributed by atoms with van der Waals surface area (Å²) in [5.41, 5.74) is 4.32. The Labute approximate surface area is 279 Å². The van der Waals surface area contributed by atoms with E-state index in [1.807, 2.05) is 60.5 Å². The van der Waals surface area contributed by atoms with Gasteiger partial charge in [0.1, 0.15) is 0 Å². The van der Waals surface area contributed by atoms with Gasteiger partial charge in [0.2, 0.25) is 0 Å². The lowest BCUT2D eigenvalue weighted by Crippen LogP contribution is -2.52. The molecule has 1 atom stereocenters. The minimum Gasteiger partial charge on any atom is -0.436 e. The molecular formula is C36H45N7O5. The number of amides is 2. The molecule has 2 amide bonds. The maximum Gasteiger partial charge on any atom is 0.410 e. The summed E-state index contributed by atoms with van der Waals surface area (Å²) in [6, 6.07) is 14.0. The van der Waals surface area contributed by atoms with E-state index in [1.165, 1.54) is 19.3 Å². The first-order chi connectivity index (χ1) is 23.3. The van der Waals surface area contributed by atoms with Gasteiger partial charge >= 0.3 is 17.5 Å². The number of ether oxygens (including phenoxy) is 1. The highest BCUT2D eigenvalue weighted by Crippen LogP contribution is 2.26. The van der Waals surface area contributed by atoms with Crippen molar-refractivity contribution in [2.45, 2.75) is 76.5 Å². The lowest BCUT2D eigenvalue weighted by molar-refractivity contribution is -0.142. The molecule has 0 radical (unpaired) electrons. The van der Waals surface area contributed by atoms with Crippen LogP contribution >= 0.6 is 0 Å². The van der Waals surface area contributed by atoms with Crippen LogP contribution < -0.4 is 11.4 Å². The molecule has 12 nitrogen and oxygen atoms in total. The van der Waals surface area contributed by atoms with Crippen LogP contribution in [0.4, 0.5) is 4.79 Å². The summed E-state index contributed by atoms with van der Waals surface area (Å²) in [5, 5.41) is 0. The molecule has 0 aliphatic carbocycles. The topological polar surface area (TPSA) is 140 Å². The van der Waals surface area contributed by atoms with Gasteiger partial charge in [-0.1, -0.05) is 42.8 Å². The van der Waals surface area contributed by atoms with E-state index in [-0.39, 0.29) is 29.7 Å². The fraction of sp³-hybridized carbons (Fsp3) is 0.500. The Bertz CT molecular complexity index is 1850. The number of piperidine rings is 3. The molecule has 3 fully saturated rings. The Hall–Kier alpha value is -4.58. The fourth-order valence-electron chi connectivity index (χ4n) is 7.81. The van der Waals surface area contributed by atoms with Crippen LogP contribution in [0.1, 0.15) is 62.1 Å². The molecular weight excluding hydrogens is 610 g/mol. The molecule has 3 N–H and O–H groups in total. The van der Waals surface area contributed by atoms with Gasteiger partial charge in [-0.25, -0.2) is 14.4 Å². The number of aryl methyl sites for hydroxylation is 1. The summed E-state index contributed by atoms with van der Waals surface area (Å²) < 4.78 is 7.80. The number of H-pyrrole nitrogens is 3. The van der Waals surface area contributed by atoms with Crippen LogP contribution in [0.5, 0.6) is 0 Å². The van der Waals surface area contributed by atoms with E-state index in [4.69, 9.17) is 4.74 Å². The van der Waals surface area contributed by atoms with Gasteiger partial charge in [-0.15, -0.1) is 0 Å². The van der Waals surface area contributed by atoms with Crippen molar-refractivity contribution in [1.29, 1.82) is 0 Å². The second-order valence-electron chi connectivity index (χ2n) is 13.6. The van der Waals surface area contributed by atoms with E-state index in [0.29, 0.717) is 50.6 Å². The van der Waals surface area contributed by atoms with Gasteiger partial charge in [-0.05, 0) is 81.3 Å². The average molecular weight is 656 g/mol. The molecule has 3 saturated heterocycles. The number of fused-ring (bicyclic) bond motifs is 1. The van der Waals surface area contributed by atoms with Crippen LogP contribution in [-0.2, 0) is 16.0 Å². The molecule has 48 heavy (non-hydrogen) atoms. The molecule has 1 unspecified atom stereocenters. The van der Waals surface area contributed by atoms with Gasteiger partial charge in [0.05, 0.1) is 16.7 Å². The van der Waals surface area contributed by atoms with Gasteiger partial charge in [-0.2, -0.15) is 0 Å². The van der Waals surface area contributed by atoms with Crippen LogP contribution in [0.15, 0.2) is 58.3 Å². The van der Waals surface area contributed by atoms with E-state index in [9.17, 15) is 19.2 Å². The maximum absolute atomic E-state index is 14.1. The number of aromatic nitrogens is 4. The van der Waals surface area contributed by atoms with Gasteiger partial charge in [0.15, 0.2) is 6.10 Å². The third-order valence-electron chi connectivity index (χ3n) is 10.5. The second kappa shape index (κ2) is 13.9. The fourth-order valence-corrected chi connectivity index (χ4v) is 7.81. The quantitative estimate of drug-likeness (QED) is 0.273. The lowest BCUT2D eigenvalue weighted by Gasteiger charge is -2.41. The van der Waals surface area contributed by atoms with Crippen molar-refractivity contribution in [3.8, 4) is 11.3 Å². The van der Waals surface area contributed by atoms with Crippen molar-refractivity contribution in [3.05, 3.63) is 80.8 Å². The van der Waals surface area contributed by atoms with Crippen LogP contribution in [0, 0.1) is 6.92 Å². The molecule has 7 rings (SSSR count). The Morgan fingerprint density at radius 3 is 2.25 bits per heavy atom. The van der Waals surface area contributed by atoms with Crippen molar-refractivity contribution < 1.29 is 14.3 Å². The molecule has 0 bridgehead atoms. The number of nitrogens with one attached hydrogen (secondary N) is 3. The lowest BCUT2D eigenvalue weighted by atomic mass is 9.98. The maximum atomic E-state index is 14.1. The van der Waals surface area contributed by atoms with E-state index < -0.39 is 12.2 Å². The van der Waals surface area contributed by atoms with E-state index >= 15 is 0 Å². The number of aromatic amines is 3. The third-order valence-corrected chi connectivity index (χ3v) is 10.5. The minimum atomic E-state index is -0.995. The van der Waals surface area contributed by atoms with E-state index in [2.05, 4.69) is 19.9 Å². The first kappa shape index (κ1) is 32.0. The second-order valence-corrected chi connectivity index (χ2v) is 13.6. The zero-order valence-electron chi connectivity index (χ0n) is 27.6. The van der Waals surface area contributed by atoms with Gasteiger partial charge in [-0.3, -0.25) is 9.36 Å². The summed E-state index contributed by atoms with van der Waals surface area (Å²) in [5.74, 6) is -0.178. The molecule has 254 valence electrons. The number of likely N-dealkylation sites (tertiary alicyclic amines) is 3. The number of rotatable bonds is 7. The molecule has 5 heterocycles. The Kier molecular flexibility index (Phi) is 9.25. The normalized spacial score (nSPS) is 19.1. The summed E-state index contributed by atoms with van der Waals surface area (Å²) in [4.78, 5) is 67.2. The number of carbonyl (C=O) groups excluding carboxylic acids is 2. The van der Waals surface area contributed by atoms with E-state index in [0.717, 1.165) is 53.8 Å². The molecule has 0 saturated carbocycles. The molecule has 0 spiro atoms. The van der Waals surface area contributed by atoms with Gasteiger partial charge in [0, 0.05) is 50.9 Å². The molecule has 4 aromatic rings. The summed E-state index contributed by atoms with van der Waals surface area (Å²) in [6.45, 7) is 6.28.